The van der Waals surface area contributed by atoms with Crippen molar-refractivity contribution in [3.8, 4) is 0 Å². The lowest BCUT2D eigenvalue weighted by molar-refractivity contribution is -0.181. The van der Waals surface area contributed by atoms with E-state index in [0.29, 0.717) is 55.8 Å². The molecule has 2 aliphatic heterocycles. The van der Waals surface area contributed by atoms with Crippen LogP contribution in [0.2, 0.25) is 5.02 Å². The van der Waals surface area contributed by atoms with Gasteiger partial charge in [-0.25, -0.2) is 9.97 Å². The highest BCUT2D eigenvalue weighted by molar-refractivity contribution is 6.30. The van der Waals surface area contributed by atoms with Gasteiger partial charge in [-0.15, -0.1) is 0 Å². The number of halogens is 1. The number of nitrogens with one attached hydrogen (secondary N) is 1. The topological polar surface area (TPSA) is 76.6 Å². The SMILES string of the molecule is O=C(c1ccnc(Nc2cccc(Cl)c2)n1)N1CCC2(CC1)OCCO2. The van der Waals surface area contributed by atoms with Crippen LogP contribution in [0.5, 0.6) is 0 Å². The highest BCUT2D eigenvalue weighted by Gasteiger charge is 2.41. The quantitative estimate of drug-likeness (QED) is 0.890. The van der Waals surface area contributed by atoms with E-state index in [-0.39, 0.29) is 5.91 Å². The number of carbonyl (C=O) groups excluding carboxylic acids is 1. The summed E-state index contributed by atoms with van der Waals surface area (Å²) in [5.74, 6) is -0.259. The molecule has 0 unspecified atom stereocenters. The van der Waals surface area contributed by atoms with Crippen LogP contribution in [0.1, 0.15) is 23.3 Å². The summed E-state index contributed by atoms with van der Waals surface area (Å²) >= 11 is 5.98. The number of aromatic nitrogens is 2. The zero-order valence-electron chi connectivity index (χ0n) is 14.2. The van der Waals surface area contributed by atoms with E-state index in [1.165, 1.54) is 0 Å². The van der Waals surface area contributed by atoms with Crippen LogP contribution in [-0.4, -0.2) is 52.9 Å². The minimum atomic E-state index is -0.498. The van der Waals surface area contributed by atoms with Crippen molar-refractivity contribution >= 4 is 29.1 Å². The summed E-state index contributed by atoms with van der Waals surface area (Å²) in [6, 6.07) is 8.86. The summed E-state index contributed by atoms with van der Waals surface area (Å²) in [5.41, 5.74) is 1.12. The van der Waals surface area contributed by atoms with Gasteiger partial charge in [-0.05, 0) is 24.3 Å². The van der Waals surface area contributed by atoms with Crippen molar-refractivity contribution in [1.82, 2.24) is 14.9 Å². The molecule has 1 spiro atoms. The van der Waals surface area contributed by atoms with E-state index in [4.69, 9.17) is 21.1 Å². The molecular formula is C18H19ClN4O3. The molecule has 2 aromatic rings. The van der Waals surface area contributed by atoms with Gasteiger partial charge in [0.2, 0.25) is 5.95 Å². The lowest BCUT2D eigenvalue weighted by atomic mass is 10.0. The second-order valence-corrected chi connectivity index (χ2v) is 6.74. The summed E-state index contributed by atoms with van der Waals surface area (Å²) in [5, 5.41) is 3.68. The molecule has 0 bridgehead atoms. The Bertz CT molecular complexity index is 801. The molecule has 0 saturated carbocycles. The Balaban J connectivity index is 1.43. The number of rotatable bonds is 3. The molecule has 26 heavy (non-hydrogen) atoms. The van der Waals surface area contributed by atoms with E-state index >= 15 is 0 Å². The number of carbonyl (C=O) groups is 1. The van der Waals surface area contributed by atoms with Gasteiger partial charge >= 0.3 is 0 Å². The van der Waals surface area contributed by atoms with Gasteiger partial charge in [-0.2, -0.15) is 0 Å². The summed E-state index contributed by atoms with van der Waals surface area (Å²) in [4.78, 5) is 23.1. The third-order valence-corrected chi connectivity index (χ3v) is 4.82. The standard InChI is InChI=1S/C18H19ClN4O3/c19-13-2-1-3-14(12-13)21-17-20-7-4-15(22-17)16(24)23-8-5-18(6-9-23)25-10-11-26-18/h1-4,7,12H,5-6,8-11H2,(H,20,21,22). The van der Waals surface area contributed by atoms with Crippen LogP contribution in [0, 0.1) is 0 Å². The summed E-state index contributed by atoms with van der Waals surface area (Å²) in [6.07, 6.45) is 2.93. The number of anilines is 2. The Morgan fingerprint density at radius 3 is 2.69 bits per heavy atom. The van der Waals surface area contributed by atoms with E-state index in [1.807, 2.05) is 12.1 Å². The summed E-state index contributed by atoms with van der Waals surface area (Å²) in [6.45, 7) is 2.41. The van der Waals surface area contributed by atoms with Crippen LogP contribution in [0.25, 0.3) is 0 Å². The van der Waals surface area contributed by atoms with Gasteiger partial charge in [-0.1, -0.05) is 17.7 Å². The number of amides is 1. The number of benzene rings is 1. The average molecular weight is 375 g/mol. The Morgan fingerprint density at radius 2 is 1.96 bits per heavy atom. The van der Waals surface area contributed by atoms with Gasteiger partial charge in [0.25, 0.3) is 5.91 Å². The van der Waals surface area contributed by atoms with Crippen molar-refractivity contribution in [2.75, 3.05) is 31.6 Å². The first-order chi connectivity index (χ1) is 12.6. The van der Waals surface area contributed by atoms with Gasteiger partial charge in [0.1, 0.15) is 5.69 Å². The zero-order chi connectivity index (χ0) is 18.0. The molecule has 1 aromatic heterocycles. The number of likely N-dealkylation sites (tertiary alicyclic amines) is 1. The largest absolute Gasteiger partial charge is 0.347 e. The van der Waals surface area contributed by atoms with Crippen LogP contribution in [0.15, 0.2) is 36.5 Å². The van der Waals surface area contributed by atoms with Crippen molar-refractivity contribution in [3.05, 3.63) is 47.2 Å². The molecule has 3 heterocycles. The molecule has 4 rings (SSSR count). The van der Waals surface area contributed by atoms with E-state index in [1.54, 1.807) is 29.3 Å². The maximum Gasteiger partial charge on any atom is 0.272 e. The number of hydrogen-bond donors (Lipinski definition) is 1. The van der Waals surface area contributed by atoms with Crippen molar-refractivity contribution in [2.24, 2.45) is 0 Å². The molecule has 2 fully saturated rings. The molecule has 2 aliphatic rings. The molecular weight excluding hydrogens is 356 g/mol. The fourth-order valence-electron chi connectivity index (χ4n) is 3.23. The lowest BCUT2D eigenvalue weighted by Crippen LogP contribution is -2.47. The molecule has 0 radical (unpaired) electrons. The predicted octanol–water partition coefficient (Wildman–Crippen LogP) is 2.85. The number of ether oxygens (including phenoxy) is 2. The Kier molecular flexibility index (Phi) is 4.76. The molecule has 1 aromatic carbocycles. The van der Waals surface area contributed by atoms with Gasteiger partial charge in [0.15, 0.2) is 5.79 Å². The Labute approximate surface area is 156 Å². The first-order valence-electron chi connectivity index (χ1n) is 8.56. The van der Waals surface area contributed by atoms with E-state index in [0.717, 1.165) is 5.69 Å². The summed E-state index contributed by atoms with van der Waals surface area (Å²) in [7, 11) is 0. The predicted molar refractivity (Wildman–Crippen MR) is 96.5 cm³/mol. The van der Waals surface area contributed by atoms with Crippen LogP contribution in [0.3, 0.4) is 0 Å². The van der Waals surface area contributed by atoms with Gasteiger partial charge < -0.3 is 19.7 Å². The molecule has 136 valence electrons. The van der Waals surface area contributed by atoms with Crippen LogP contribution in [0.4, 0.5) is 11.6 Å². The van der Waals surface area contributed by atoms with Crippen molar-refractivity contribution in [1.29, 1.82) is 0 Å². The maximum absolute atomic E-state index is 12.8. The Morgan fingerprint density at radius 1 is 1.19 bits per heavy atom. The first kappa shape index (κ1) is 17.2. The molecule has 8 heteroatoms. The van der Waals surface area contributed by atoms with Crippen molar-refractivity contribution in [2.45, 2.75) is 18.6 Å². The smallest absolute Gasteiger partial charge is 0.272 e. The monoisotopic (exact) mass is 374 g/mol. The van der Waals surface area contributed by atoms with E-state index in [2.05, 4.69) is 15.3 Å². The minimum Gasteiger partial charge on any atom is -0.347 e. The maximum atomic E-state index is 12.8. The van der Waals surface area contributed by atoms with Crippen LogP contribution in [-0.2, 0) is 9.47 Å². The van der Waals surface area contributed by atoms with Crippen molar-refractivity contribution in [3.63, 3.8) is 0 Å². The van der Waals surface area contributed by atoms with E-state index < -0.39 is 5.79 Å². The highest BCUT2D eigenvalue weighted by Crippen LogP contribution is 2.31. The molecule has 1 amide bonds. The first-order valence-corrected chi connectivity index (χ1v) is 8.94. The Hall–Kier alpha value is -2.22. The second-order valence-electron chi connectivity index (χ2n) is 6.30. The molecule has 2 saturated heterocycles. The number of piperidine rings is 1. The average Bonchev–Trinajstić information content (AvgIpc) is 3.10. The third kappa shape index (κ3) is 3.65. The molecule has 0 atom stereocenters. The molecule has 7 nitrogen and oxygen atoms in total. The summed E-state index contributed by atoms with van der Waals surface area (Å²) < 4.78 is 11.4. The highest BCUT2D eigenvalue weighted by atomic mass is 35.5. The van der Waals surface area contributed by atoms with Crippen molar-refractivity contribution < 1.29 is 14.3 Å². The molecule has 0 aliphatic carbocycles. The second kappa shape index (κ2) is 7.19. The minimum absolute atomic E-state index is 0.116. The third-order valence-electron chi connectivity index (χ3n) is 4.58. The lowest BCUT2D eigenvalue weighted by Gasteiger charge is -2.37. The van der Waals surface area contributed by atoms with Crippen LogP contribution >= 0.6 is 11.6 Å². The van der Waals surface area contributed by atoms with Gasteiger partial charge in [0, 0.05) is 42.8 Å². The molecule has 1 N–H and O–H groups in total. The number of hydrogen-bond acceptors (Lipinski definition) is 6. The van der Waals surface area contributed by atoms with Crippen LogP contribution < -0.4 is 5.32 Å². The van der Waals surface area contributed by atoms with Gasteiger partial charge in [0.05, 0.1) is 13.2 Å². The zero-order valence-corrected chi connectivity index (χ0v) is 14.9. The number of nitrogens with zero attached hydrogens (tertiary/aromatic N) is 3. The normalized spacial score (nSPS) is 18.9. The fraction of sp³-hybridized carbons (Fsp3) is 0.389. The van der Waals surface area contributed by atoms with Gasteiger partial charge in [-0.3, -0.25) is 4.79 Å². The van der Waals surface area contributed by atoms with E-state index in [9.17, 15) is 4.79 Å². The fourth-order valence-corrected chi connectivity index (χ4v) is 3.42.